The molecule has 0 bridgehead atoms. The minimum Gasteiger partial charge on any atom is -0.319 e. The molecule has 2 rings (SSSR count). The highest BCUT2D eigenvalue weighted by Crippen LogP contribution is 2.33. The molecule has 1 saturated heterocycles. The number of imide groups is 1. The molecule has 116 valence electrons. The van der Waals surface area contributed by atoms with Crippen molar-refractivity contribution < 1.29 is 9.59 Å². The van der Waals surface area contributed by atoms with Crippen LogP contribution in [0.1, 0.15) is 37.0 Å². The van der Waals surface area contributed by atoms with Crippen molar-refractivity contribution in [2.75, 3.05) is 6.54 Å². The van der Waals surface area contributed by atoms with Crippen LogP contribution in [0, 0.1) is 31.1 Å². The number of carbonyl (C=O) groups is 2. The van der Waals surface area contributed by atoms with E-state index in [0.29, 0.717) is 6.42 Å². The monoisotopic (exact) mass is 299 g/mol. The first kappa shape index (κ1) is 16.0. The third-order valence-electron chi connectivity index (χ3n) is 4.38. The molecule has 1 N–H and O–H groups in total. The number of benzene rings is 1. The topological polar surface area (TPSA) is 73.2 Å². The summed E-state index contributed by atoms with van der Waals surface area (Å²) >= 11 is 0. The Morgan fingerprint density at radius 2 is 2.00 bits per heavy atom. The molecule has 0 spiro atoms. The lowest BCUT2D eigenvalue weighted by molar-refractivity contribution is -0.132. The summed E-state index contributed by atoms with van der Waals surface area (Å²) in [6.45, 7) is 7.69. The average molecular weight is 299 g/mol. The fourth-order valence-corrected chi connectivity index (χ4v) is 2.75. The molecule has 1 aromatic rings. The highest BCUT2D eigenvalue weighted by Gasteiger charge is 2.51. The van der Waals surface area contributed by atoms with Gasteiger partial charge in [-0.1, -0.05) is 25.1 Å². The van der Waals surface area contributed by atoms with E-state index in [0.717, 1.165) is 21.6 Å². The van der Waals surface area contributed by atoms with Gasteiger partial charge in [-0.2, -0.15) is 5.26 Å². The molecular formula is C17H21N3O2. The van der Waals surface area contributed by atoms with Gasteiger partial charge in [-0.05, 0) is 43.9 Å². The third-order valence-corrected chi connectivity index (χ3v) is 4.38. The van der Waals surface area contributed by atoms with Crippen molar-refractivity contribution in [1.82, 2.24) is 10.2 Å². The van der Waals surface area contributed by atoms with Crippen molar-refractivity contribution in [2.45, 2.75) is 39.7 Å². The number of nitriles is 1. The van der Waals surface area contributed by atoms with Crippen LogP contribution in [-0.2, 0) is 10.3 Å². The van der Waals surface area contributed by atoms with Gasteiger partial charge in [0.2, 0.25) is 0 Å². The third kappa shape index (κ3) is 2.45. The largest absolute Gasteiger partial charge is 0.325 e. The molecule has 2 atom stereocenters. The number of hydrogen-bond acceptors (Lipinski definition) is 3. The molecule has 0 radical (unpaired) electrons. The summed E-state index contributed by atoms with van der Waals surface area (Å²) in [6.07, 6.45) is 0.470. The molecule has 3 amide bonds. The van der Waals surface area contributed by atoms with Crippen molar-refractivity contribution >= 4 is 11.9 Å². The second-order valence-corrected chi connectivity index (χ2v) is 5.93. The predicted octanol–water partition coefficient (Wildman–Crippen LogP) is 2.62. The predicted molar refractivity (Wildman–Crippen MR) is 82.9 cm³/mol. The molecule has 0 saturated carbocycles. The number of hydrogen-bond donors (Lipinski definition) is 1. The number of amides is 3. The Morgan fingerprint density at radius 1 is 1.32 bits per heavy atom. The molecule has 1 fully saturated rings. The molecule has 5 nitrogen and oxygen atoms in total. The lowest BCUT2D eigenvalue weighted by atomic mass is 9.85. The van der Waals surface area contributed by atoms with Gasteiger partial charge in [0, 0.05) is 6.54 Å². The molecule has 1 aromatic carbocycles. The van der Waals surface area contributed by atoms with Gasteiger partial charge in [-0.3, -0.25) is 9.69 Å². The number of aryl methyl sites for hydroxylation is 2. The number of nitrogens with zero attached hydrogens (tertiary/aromatic N) is 2. The summed E-state index contributed by atoms with van der Waals surface area (Å²) in [4.78, 5) is 26.2. The molecule has 5 heteroatoms. The van der Waals surface area contributed by atoms with Crippen molar-refractivity contribution in [2.24, 2.45) is 5.92 Å². The highest BCUT2D eigenvalue weighted by atomic mass is 16.2. The molecule has 1 aliphatic rings. The van der Waals surface area contributed by atoms with Crippen LogP contribution in [0.15, 0.2) is 18.2 Å². The summed E-state index contributed by atoms with van der Waals surface area (Å²) in [5, 5.41) is 11.8. The van der Waals surface area contributed by atoms with E-state index in [1.807, 2.05) is 39.0 Å². The molecule has 1 heterocycles. The summed E-state index contributed by atoms with van der Waals surface area (Å²) in [5.74, 6) is -0.660. The van der Waals surface area contributed by atoms with Crippen LogP contribution in [0.5, 0.6) is 0 Å². The van der Waals surface area contributed by atoms with Gasteiger partial charge in [-0.25, -0.2) is 4.79 Å². The van der Waals surface area contributed by atoms with Gasteiger partial charge in [-0.15, -0.1) is 0 Å². The lowest BCUT2D eigenvalue weighted by Crippen LogP contribution is -2.43. The van der Waals surface area contributed by atoms with E-state index in [2.05, 4.69) is 11.4 Å². The standard InChI is InChI=1S/C17H21N3O2/c1-5-17(14-7-6-12(3)13(4)8-14)15(21)20(16(22)19-17)10-11(2)9-18/h6-8,11H,5,10H2,1-4H3,(H,19,22). The highest BCUT2D eigenvalue weighted by molar-refractivity contribution is 6.07. The number of urea groups is 1. The van der Waals surface area contributed by atoms with Gasteiger partial charge < -0.3 is 5.32 Å². The Hall–Kier alpha value is -2.35. The van der Waals surface area contributed by atoms with Crippen molar-refractivity contribution in [3.05, 3.63) is 34.9 Å². The number of carbonyl (C=O) groups excluding carboxylic acids is 2. The Morgan fingerprint density at radius 3 is 2.55 bits per heavy atom. The maximum Gasteiger partial charge on any atom is 0.325 e. The van der Waals surface area contributed by atoms with Gasteiger partial charge in [0.15, 0.2) is 0 Å². The quantitative estimate of drug-likeness (QED) is 0.869. The van der Waals surface area contributed by atoms with Crippen LogP contribution >= 0.6 is 0 Å². The van der Waals surface area contributed by atoms with Crippen molar-refractivity contribution in [1.29, 1.82) is 5.26 Å². The fourth-order valence-electron chi connectivity index (χ4n) is 2.75. The molecular weight excluding hydrogens is 278 g/mol. The van der Waals surface area contributed by atoms with Gasteiger partial charge in [0.05, 0.1) is 12.0 Å². The molecule has 1 aliphatic heterocycles. The molecule has 0 aromatic heterocycles. The van der Waals surface area contributed by atoms with Gasteiger partial charge in [0.1, 0.15) is 5.54 Å². The van der Waals surface area contributed by atoms with E-state index < -0.39 is 11.6 Å². The summed E-state index contributed by atoms with van der Waals surface area (Å²) in [6, 6.07) is 7.44. The molecule has 0 aliphatic carbocycles. The van der Waals surface area contributed by atoms with Crippen LogP contribution < -0.4 is 5.32 Å². The minimum absolute atomic E-state index is 0.119. The first-order chi connectivity index (χ1) is 10.4. The van der Waals surface area contributed by atoms with Crippen molar-refractivity contribution in [3.8, 4) is 6.07 Å². The van der Waals surface area contributed by atoms with Crippen molar-refractivity contribution in [3.63, 3.8) is 0 Å². The van der Waals surface area contributed by atoms with Crippen LogP contribution in [-0.4, -0.2) is 23.4 Å². The first-order valence-electron chi connectivity index (χ1n) is 7.47. The van der Waals surface area contributed by atoms with E-state index in [-0.39, 0.29) is 18.4 Å². The Balaban J connectivity index is 2.43. The minimum atomic E-state index is -1.02. The lowest BCUT2D eigenvalue weighted by Gasteiger charge is -2.26. The fraction of sp³-hybridized carbons (Fsp3) is 0.471. The maximum absolute atomic E-state index is 12.9. The average Bonchev–Trinajstić information content (AvgIpc) is 2.75. The van der Waals surface area contributed by atoms with Crippen LogP contribution in [0.4, 0.5) is 4.79 Å². The number of rotatable bonds is 4. The van der Waals surface area contributed by atoms with Crippen LogP contribution in [0.2, 0.25) is 0 Å². The van der Waals surface area contributed by atoms with Gasteiger partial charge >= 0.3 is 6.03 Å². The van der Waals surface area contributed by atoms with Gasteiger partial charge in [0.25, 0.3) is 5.91 Å². The maximum atomic E-state index is 12.9. The first-order valence-corrected chi connectivity index (χ1v) is 7.47. The summed E-state index contributed by atoms with van der Waals surface area (Å²) in [5.41, 5.74) is 1.99. The van der Waals surface area contributed by atoms with E-state index in [1.165, 1.54) is 0 Å². The Bertz CT molecular complexity index is 662. The summed E-state index contributed by atoms with van der Waals surface area (Å²) < 4.78 is 0. The Kier molecular flexibility index (Phi) is 4.23. The van der Waals surface area contributed by atoms with Crippen LogP contribution in [0.3, 0.4) is 0 Å². The normalized spacial score (nSPS) is 22.4. The zero-order valence-electron chi connectivity index (χ0n) is 13.4. The SMILES string of the molecule is CCC1(c2ccc(C)c(C)c2)NC(=O)N(CC(C)C#N)C1=O. The summed E-state index contributed by atoms with van der Waals surface area (Å²) in [7, 11) is 0. The second-order valence-electron chi connectivity index (χ2n) is 5.93. The van der Waals surface area contributed by atoms with E-state index in [1.54, 1.807) is 6.92 Å². The van der Waals surface area contributed by atoms with E-state index >= 15 is 0 Å². The number of nitrogens with one attached hydrogen (secondary N) is 1. The second kappa shape index (κ2) is 5.80. The molecule has 22 heavy (non-hydrogen) atoms. The van der Waals surface area contributed by atoms with E-state index in [9.17, 15) is 9.59 Å². The zero-order chi connectivity index (χ0) is 16.5. The zero-order valence-corrected chi connectivity index (χ0v) is 13.4. The molecule has 2 unspecified atom stereocenters. The smallest absolute Gasteiger partial charge is 0.319 e. The van der Waals surface area contributed by atoms with Crippen LogP contribution in [0.25, 0.3) is 0 Å². The Labute approximate surface area is 130 Å². The van der Waals surface area contributed by atoms with E-state index in [4.69, 9.17) is 5.26 Å².